The van der Waals surface area contributed by atoms with Crippen LogP contribution in [0.1, 0.15) is 25.6 Å². The van der Waals surface area contributed by atoms with E-state index in [9.17, 15) is 17.6 Å². The number of likely N-dealkylation sites (N-methyl/N-ethyl adjacent to an activating group) is 1. The molecule has 0 bridgehead atoms. The normalized spacial score (nSPS) is 17.4. The first-order valence-electron chi connectivity index (χ1n) is 10.1. The van der Waals surface area contributed by atoms with Gasteiger partial charge < -0.3 is 19.9 Å². The third-order valence-electron chi connectivity index (χ3n) is 5.36. The molecule has 0 spiro atoms. The molecule has 3 rings (SSSR count). The van der Waals surface area contributed by atoms with Gasteiger partial charge in [-0.3, -0.25) is 9.59 Å². The highest BCUT2D eigenvalue weighted by Gasteiger charge is 2.30. The highest BCUT2D eigenvalue weighted by atomic mass is 32.2. The molecule has 2 aromatic rings. The number of halogens is 1. The first-order chi connectivity index (χ1) is 14.7. The molecular formula is C20H29FN4O5S. The Labute approximate surface area is 181 Å². The molecule has 0 radical (unpaired) electrons. The van der Waals surface area contributed by atoms with Crippen molar-refractivity contribution >= 4 is 33.3 Å². The van der Waals surface area contributed by atoms with Gasteiger partial charge in [-0.05, 0) is 38.6 Å². The highest BCUT2D eigenvalue weighted by molar-refractivity contribution is 7.91. The van der Waals surface area contributed by atoms with Crippen molar-refractivity contribution in [3.63, 3.8) is 0 Å². The van der Waals surface area contributed by atoms with E-state index in [-0.39, 0.29) is 35.7 Å². The molecule has 9 nitrogen and oxygen atoms in total. The minimum Gasteiger partial charge on any atom is -0.483 e. The number of imidazole rings is 1. The van der Waals surface area contributed by atoms with Crippen LogP contribution in [0.4, 0.5) is 4.39 Å². The number of aromatic nitrogens is 2. The van der Waals surface area contributed by atoms with E-state index in [1.807, 2.05) is 18.9 Å². The summed E-state index contributed by atoms with van der Waals surface area (Å²) in [5.74, 6) is 0.866. The molecule has 1 unspecified atom stereocenters. The zero-order valence-corrected chi connectivity index (χ0v) is 18.6. The number of nitrogens with zero attached hydrogens (tertiary/aromatic N) is 3. The van der Waals surface area contributed by atoms with Crippen molar-refractivity contribution in [1.82, 2.24) is 19.8 Å². The number of fused-ring (bicyclic) bond motifs is 1. The van der Waals surface area contributed by atoms with E-state index in [1.54, 1.807) is 11.0 Å². The van der Waals surface area contributed by atoms with Crippen LogP contribution in [-0.4, -0.2) is 89.9 Å². The van der Waals surface area contributed by atoms with E-state index < -0.39 is 9.84 Å². The maximum absolute atomic E-state index is 13.3. The molecule has 0 aliphatic carbocycles. The second-order valence-electron chi connectivity index (χ2n) is 7.46. The predicted octanol–water partition coefficient (Wildman–Crippen LogP) is 1.30. The monoisotopic (exact) mass is 456 g/mol. The summed E-state index contributed by atoms with van der Waals surface area (Å²) in [6.45, 7) is 3.34. The number of carbonyl (C=O) groups excluding carboxylic acids is 1. The molecule has 2 heterocycles. The van der Waals surface area contributed by atoms with Crippen molar-refractivity contribution in [2.45, 2.75) is 32.2 Å². The Bertz CT molecular complexity index is 995. The first kappa shape index (κ1) is 24.7. The number of carbonyl (C=O) groups is 2. The third kappa shape index (κ3) is 7.28. The fourth-order valence-corrected chi connectivity index (χ4v) is 5.39. The summed E-state index contributed by atoms with van der Waals surface area (Å²) in [6.07, 6.45) is 1.55. The Kier molecular flexibility index (Phi) is 8.93. The number of H-pyrrole nitrogens is 1. The Balaban J connectivity index is 0.00000107. The number of aromatic amines is 1. The molecular weight excluding hydrogens is 427 g/mol. The van der Waals surface area contributed by atoms with E-state index in [0.29, 0.717) is 49.9 Å². The SMILES string of the molecule is CCN(CCc1nc2ccc(F)cc2[nH]1)C(=O)CCN(C)C1CCS(=O)(=O)C1.O=CO. The number of benzene rings is 1. The third-order valence-corrected chi connectivity index (χ3v) is 7.11. The van der Waals surface area contributed by atoms with E-state index in [4.69, 9.17) is 9.90 Å². The molecule has 1 saturated heterocycles. The molecule has 1 aliphatic heterocycles. The van der Waals surface area contributed by atoms with Gasteiger partial charge in [-0.1, -0.05) is 0 Å². The van der Waals surface area contributed by atoms with Gasteiger partial charge in [0.1, 0.15) is 11.6 Å². The quantitative estimate of drug-likeness (QED) is 0.574. The lowest BCUT2D eigenvalue weighted by Crippen LogP contribution is -2.38. The van der Waals surface area contributed by atoms with Gasteiger partial charge in [0.05, 0.1) is 22.5 Å². The van der Waals surface area contributed by atoms with Gasteiger partial charge in [-0.25, -0.2) is 17.8 Å². The summed E-state index contributed by atoms with van der Waals surface area (Å²) >= 11 is 0. The van der Waals surface area contributed by atoms with Gasteiger partial charge in [0.15, 0.2) is 9.84 Å². The fourth-order valence-electron chi connectivity index (χ4n) is 3.59. The average molecular weight is 457 g/mol. The van der Waals surface area contributed by atoms with Crippen LogP contribution < -0.4 is 0 Å². The summed E-state index contributed by atoms with van der Waals surface area (Å²) < 4.78 is 36.5. The number of hydrogen-bond donors (Lipinski definition) is 2. The summed E-state index contributed by atoms with van der Waals surface area (Å²) in [5, 5.41) is 6.89. The lowest BCUT2D eigenvalue weighted by atomic mass is 10.2. The minimum atomic E-state index is -2.92. The van der Waals surface area contributed by atoms with E-state index in [2.05, 4.69) is 9.97 Å². The molecule has 1 aromatic heterocycles. The lowest BCUT2D eigenvalue weighted by molar-refractivity contribution is -0.131. The molecule has 1 amide bonds. The van der Waals surface area contributed by atoms with Crippen LogP contribution in [0.3, 0.4) is 0 Å². The Hall–Kier alpha value is -2.53. The van der Waals surface area contributed by atoms with Crippen molar-refractivity contribution < 1.29 is 27.5 Å². The number of hydrogen-bond acceptors (Lipinski definition) is 6. The van der Waals surface area contributed by atoms with Crippen LogP contribution in [0.15, 0.2) is 18.2 Å². The lowest BCUT2D eigenvalue weighted by Gasteiger charge is -2.25. The van der Waals surface area contributed by atoms with Gasteiger partial charge in [0.25, 0.3) is 6.47 Å². The zero-order chi connectivity index (χ0) is 23.0. The van der Waals surface area contributed by atoms with Gasteiger partial charge in [-0.2, -0.15) is 0 Å². The second kappa shape index (κ2) is 11.2. The van der Waals surface area contributed by atoms with Crippen molar-refractivity contribution in [3.8, 4) is 0 Å². The first-order valence-corrected chi connectivity index (χ1v) is 11.9. The summed E-state index contributed by atoms with van der Waals surface area (Å²) in [5.41, 5.74) is 1.36. The van der Waals surface area contributed by atoms with E-state index >= 15 is 0 Å². The summed E-state index contributed by atoms with van der Waals surface area (Å²) in [4.78, 5) is 32.2. The molecule has 1 aliphatic rings. The molecule has 11 heteroatoms. The molecule has 1 fully saturated rings. The smallest absolute Gasteiger partial charge is 0.290 e. The molecule has 1 aromatic carbocycles. The molecule has 31 heavy (non-hydrogen) atoms. The molecule has 1 atom stereocenters. The van der Waals surface area contributed by atoms with Crippen molar-refractivity contribution in [3.05, 3.63) is 29.8 Å². The molecule has 172 valence electrons. The number of sulfone groups is 1. The highest BCUT2D eigenvalue weighted by Crippen LogP contribution is 2.17. The van der Waals surface area contributed by atoms with Crippen LogP contribution in [0.25, 0.3) is 11.0 Å². The standard InChI is InChI=1S/C19H27FN4O3S.CH2O2/c1-3-24(10-6-18-21-16-5-4-14(20)12-17(16)22-18)19(25)7-9-23(2)15-8-11-28(26,27)13-15;2-1-3/h4-5,12,15H,3,6-11,13H2,1-2H3,(H,21,22);1H,(H,2,3). The van der Waals surface area contributed by atoms with E-state index in [1.165, 1.54) is 12.1 Å². The Morgan fingerprint density at radius 3 is 2.71 bits per heavy atom. The number of amides is 1. The van der Waals surface area contributed by atoms with Gasteiger partial charge in [0, 0.05) is 38.5 Å². The molecule has 2 N–H and O–H groups in total. The number of rotatable bonds is 8. The van der Waals surface area contributed by atoms with Crippen LogP contribution in [0, 0.1) is 5.82 Å². The maximum atomic E-state index is 13.3. The van der Waals surface area contributed by atoms with Gasteiger partial charge >= 0.3 is 0 Å². The van der Waals surface area contributed by atoms with Crippen molar-refractivity contribution in [1.29, 1.82) is 0 Å². The van der Waals surface area contributed by atoms with Crippen LogP contribution in [-0.2, 0) is 25.8 Å². The molecule has 0 saturated carbocycles. The van der Waals surface area contributed by atoms with Crippen LogP contribution >= 0.6 is 0 Å². The fraction of sp³-hybridized carbons (Fsp3) is 0.550. The van der Waals surface area contributed by atoms with Crippen molar-refractivity contribution in [2.75, 3.05) is 38.2 Å². The van der Waals surface area contributed by atoms with Gasteiger partial charge in [-0.15, -0.1) is 0 Å². The number of carboxylic acid groups (broad SMARTS) is 1. The van der Waals surface area contributed by atoms with Crippen molar-refractivity contribution in [2.24, 2.45) is 0 Å². The topological polar surface area (TPSA) is 124 Å². The average Bonchev–Trinajstić information content (AvgIpc) is 3.29. The second-order valence-corrected chi connectivity index (χ2v) is 9.69. The van der Waals surface area contributed by atoms with E-state index in [0.717, 1.165) is 5.82 Å². The summed E-state index contributed by atoms with van der Waals surface area (Å²) in [6, 6.07) is 4.42. The predicted molar refractivity (Wildman–Crippen MR) is 115 cm³/mol. The summed E-state index contributed by atoms with van der Waals surface area (Å²) in [7, 11) is -1.05. The van der Waals surface area contributed by atoms with Gasteiger partial charge in [0.2, 0.25) is 5.91 Å². The minimum absolute atomic E-state index is 0.00354. The van der Waals surface area contributed by atoms with Crippen LogP contribution in [0.5, 0.6) is 0 Å². The maximum Gasteiger partial charge on any atom is 0.290 e. The Morgan fingerprint density at radius 1 is 1.39 bits per heavy atom. The zero-order valence-electron chi connectivity index (χ0n) is 17.8. The van der Waals surface area contributed by atoms with Crippen LogP contribution in [0.2, 0.25) is 0 Å². The number of nitrogens with one attached hydrogen (secondary N) is 1. The largest absolute Gasteiger partial charge is 0.483 e. The Morgan fingerprint density at radius 2 is 2.10 bits per heavy atom.